The monoisotopic (exact) mass is 377 g/mol. The summed E-state index contributed by atoms with van der Waals surface area (Å²) in [7, 11) is 0. The number of carbonyl (C=O) groups is 2. The molecular formula is C19H26FN4O3+. The molecule has 1 aromatic heterocycles. The fraction of sp³-hybridized carbons (Fsp3) is 0.421. The van der Waals surface area contributed by atoms with E-state index in [0.29, 0.717) is 18.8 Å². The zero-order valence-electron chi connectivity index (χ0n) is 15.9. The lowest BCUT2D eigenvalue weighted by atomic mass is 10.2. The smallest absolute Gasteiger partial charge is 0.257 e. The first-order valence-corrected chi connectivity index (χ1v) is 9.05. The molecule has 1 aromatic carbocycles. The molecule has 0 aliphatic rings. The average molecular weight is 377 g/mol. The predicted octanol–water partition coefficient (Wildman–Crippen LogP) is 1.13. The molecule has 2 aromatic rings. The van der Waals surface area contributed by atoms with Crippen molar-refractivity contribution in [1.29, 1.82) is 0 Å². The number of anilines is 1. The fourth-order valence-corrected chi connectivity index (χ4v) is 2.74. The summed E-state index contributed by atoms with van der Waals surface area (Å²) in [5.41, 5.74) is -0.0443. The van der Waals surface area contributed by atoms with Crippen LogP contribution in [0, 0.1) is 12.7 Å². The number of carbonyl (C=O) groups excluding carboxylic acids is 2. The maximum absolute atomic E-state index is 14.0. The van der Waals surface area contributed by atoms with E-state index in [2.05, 4.69) is 24.3 Å². The van der Waals surface area contributed by atoms with Gasteiger partial charge in [0.05, 0.1) is 31.7 Å². The molecule has 2 N–H and O–H groups in total. The van der Waals surface area contributed by atoms with Crippen LogP contribution in [0.3, 0.4) is 0 Å². The number of aromatic nitrogens is 1. The molecule has 7 nitrogen and oxygen atoms in total. The van der Waals surface area contributed by atoms with Crippen molar-refractivity contribution in [3.05, 3.63) is 47.5 Å². The zero-order chi connectivity index (χ0) is 19.8. The van der Waals surface area contributed by atoms with Gasteiger partial charge in [0.15, 0.2) is 5.82 Å². The van der Waals surface area contributed by atoms with E-state index in [9.17, 15) is 14.0 Å². The second-order valence-corrected chi connectivity index (χ2v) is 6.28. The van der Waals surface area contributed by atoms with Gasteiger partial charge < -0.3 is 19.6 Å². The highest BCUT2D eigenvalue weighted by molar-refractivity contribution is 5.99. The van der Waals surface area contributed by atoms with Crippen molar-refractivity contribution in [2.24, 2.45) is 0 Å². The van der Waals surface area contributed by atoms with Gasteiger partial charge in [-0.25, -0.2) is 4.39 Å². The van der Waals surface area contributed by atoms with Crippen molar-refractivity contribution >= 4 is 17.6 Å². The van der Waals surface area contributed by atoms with Crippen molar-refractivity contribution in [2.45, 2.75) is 20.8 Å². The first-order valence-electron chi connectivity index (χ1n) is 9.05. The van der Waals surface area contributed by atoms with Crippen molar-refractivity contribution in [3.8, 4) is 0 Å². The molecule has 0 bridgehead atoms. The summed E-state index contributed by atoms with van der Waals surface area (Å²) in [6.07, 6.45) is 0. The number of amides is 2. The standard InChI is InChI=1S/C19H25FN4O3/c1-4-23(5-2)10-11-24(19(26)15-8-6-7-9-16(15)20)13-18(25)21-17-12-14(3)27-22-17/h6-9,12H,4-5,10-11,13H2,1-3H3,(H,21,22,25)/p+1. The summed E-state index contributed by atoms with van der Waals surface area (Å²) in [5, 5.41) is 6.30. The Kier molecular flexibility index (Phi) is 7.48. The van der Waals surface area contributed by atoms with Gasteiger partial charge in [-0.1, -0.05) is 17.3 Å². The molecule has 0 spiro atoms. The van der Waals surface area contributed by atoms with E-state index >= 15 is 0 Å². The third-order valence-corrected chi connectivity index (χ3v) is 4.36. The average Bonchev–Trinajstić information content (AvgIpc) is 3.06. The summed E-state index contributed by atoms with van der Waals surface area (Å²) < 4.78 is 19.0. The molecule has 0 aliphatic heterocycles. The lowest BCUT2D eigenvalue weighted by Gasteiger charge is -2.24. The first kappa shape index (κ1) is 20.6. The van der Waals surface area contributed by atoms with Gasteiger partial charge >= 0.3 is 0 Å². The van der Waals surface area contributed by atoms with Crippen LogP contribution in [-0.4, -0.2) is 54.6 Å². The van der Waals surface area contributed by atoms with Crippen LogP contribution in [0.15, 0.2) is 34.9 Å². The molecule has 2 amide bonds. The highest BCUT2D eigenvalue weighted by Crippen LogP contribution is 2.11. The van der Waals surface area contributed by atoms with Crippen LogP contribution in [0.1, 0.15) is 30.0 Å². The van der Waals surface area contributed by atoms with Crippen LogP contribution >= 0.6 is 0 Å². The summed E-state index contributed by atoms with van der Waals surface area (Å²) in [5.74, 6) is -0.677. The van der Waals surface area contributed by atoms with Crippen molar-refractivity contribution in [2.75, 3.05) is 38.0 Å². The van der Waals surface area contributed by atoms with E-state index < -0.39 is 17.6 Å². The van der Waals surface area contributed by atoms with E-state index in [1.54, 1.807) is 19.1 Å². The summed E-state index contributed by atoms with van der Waals surface area (Å²) in [6, 6.07) is 7.37. The number of hydrogen-bond donors (Lipinski definition) is 2. The molecule has 0 fully saturated rings. The van der Waals surface area contributed by atoms with Gasteiger partial charge in [0.25, 0.3) is 5.91 Å². The Labute approximate surface area is 158 Å². The van der Waals surface area contributed by atoms with E-state index in [1.807, 2.05) is 0 Å². The Morgan fingerprint density at radius 1 is 1.26 bits per heavy atom. The maximum Gasteiger partial charge on any atom is 0.257 e. The summed E-state index contributed by atoms with van der Waals surface area (Å²) >= 11 is 0. The molecule has 2 rings (SSSR count). The largest absolute Gasteiger partial charge is 0.360 e. The Morgan fingerprint density at radius 2 is 1.96 bits per heavy atom. The molecule has 27 heavy (non-hydrogen) atoms. The molecule has 146 valence electrons. The minimum atomic E-state index is -0.602. The number of hydrogen-bond acceptors (Lipinski definition) is 4. The minimum Gasteiger partial charge on any atom is -0.360 e. The minimum absolute atomic E-state index is 0.0443. The third-order valence-electron chi connectivity index (χ3n) is 4.36. The van der Waals surface area contributed by atoms with Crippen LogP contribution in [0.4, 0.5) is 10.2 Å². The number of benzene rings is 1. The Bertz CT molecular complexity index is 774. The summed E-state index contributed by atoms with van der Waals surface area (Å²) in [4.78, 5) is 27.8. The van der Waals surface area contributed by atoms with Gasteiger partial charge in [-0.15, -0.1) is 0 Å². The highest BCUT2D eigenvalue weighted by atomic mass is 19.1. The molecule has 0 saturated heterocycles. The van der Waals surface area contributed by atoms with Crippen LogP contribution in [0.2, 0.25) is 0 Å². The Balaban J connectivity index is 2.11. The number of nitrogens with zero attached hydrogens (tertiary/aromatic N) is 2. The Morgan fingerprint density at radius 3 is 2.56 bits per heavy atom. The number of rotatable bonds is 9. The van der Waals surface area contributed by atoms with Crippen molar-refractivity contribution in [3.63, 3.8) is 0 Å². The normalized spacial score (nSPS) is 10.9. The van der Waals surface area contributed by atoms with Crippen molar-refractivity contribution in [1.82, 2.24) is 10.1 Å². The second-order valence-electron chi connectivity index (χ2n) is 6.28. The molecule has 0 aliphatic carbocycles. The van der Waals surface area contributed by atoms with E-state index in [4.69, 9.17) is 4.52 Å². The number of quaternary nitrogens is 1. The van der Waals surface area contributed by atoms with Crippen LogP contribution in [0.5, 0.6) is 0 Å². The SMILES string of the molecule is CC[NH+](CC)CCN(CC(=O)Nc1cc(C)on1)C(=O)c1ccccc1F. The Hall–Kier alpha value is -2.74. The summed E-state index contributed by atoms with van der Waals surface area (Å²) in [6.45, 7) is 8.45. The molecule has 0 unspecified atom stereocenters. The van der Waals surface area contributed by atoms with E-state index in [-0.39, 0.29) is 17.9 Å². The molecule has 8 heteroatoms. The molecule has 0 radical (unpaired) electrons. The van der Waals surface area contributed by atoms with Crippen LogP contribution < -0.4 is 10.2 Å². The predicted molar refractivity (Wildman–Crippen MR) is 99.1 cm³/mol. The topological polar surface area (TPSA) is 79.9 Å². The fourth-order valence-electron chi connectivity index (χ4n) is 2.74. The third kappa shape index (κ3) is 5.89. The van der Waals surface area contributed by atoms with Gasteiger partial charge in [-0.2, -0.15) is 0 Å². The van der Waals surface area contributed by atoms with E-state index in [0.717, 1.165) is 13.1 Å². The van der Waals surface area contributed by atoms with Gasteiger partial charge in [0.2, 0.25) is 5.91 Å². The lowest BCUT2D eigenvalue weighted by molar-refractivity contribution is -0.895. The van der Waals surface area contributed by atoms with Crippen LogP contribution in [-0.2, 0) is 4.79 Å². The molecule has 0 saturated carbocycles. The highest BCUT2D eigenvalue weighted by Gasteiger charge is 2.23. The molecular weight excluding hydrogens is 351 g/mol. The lowest BCUT2D eigenvalue weighted by Crippen LogP contribution is -3.12. The number of aryl methyl sites for hydroxylation is 1. The number of nitrogens with one attached hydrogen (secondary N) is 2. The van der Waals surface area contributed by atoms with Gasteiger partial charge in [-0.05, 0) is 32.9 Å². The maximum atomic E-state index is 14.0. The first-order chi connectivity index (χ1) is 12.9. The number of halogens is 1. The quantitative estimate of drug-likeness (QED) is 0.687. The second kappa shape index (κ2) is 9.82. The van der Waals surface area contributed by atoms with Crippen molar-refractivity contribution < 1.29 is 23.4 Å². The van der Waals surface area contributed by atoms with E-state index in [1.165, 1.54) is 28.0 Å². The van der Waals surface area contributed by atoms with Gasteiger partial charge in [-0.3, -0.25) is 9.59 Å². The number of likely N-dealkylation sites (N-methyl/N-ethyl adjacent to an activating group) is 1. The zero-order valence-corrected chi connectivity index (χ0v) is 15.9. The van der Waals surface area contributed by atoms with Crippen LogP contribution in [0.25, 0.3) is 0 Å². The molecule has 0 atom stereocenters. The van der Waals surface area contributed by atoms with Gasteiger partial charge in [0.1, 0.15) is 18.1 Å². The van der Waals surface area contributed by atoms with Gasteiger partial charge in [0, 0.05) is 6.07 Å². The molecule has 1 heterocycles.